The maximum absolute atomic E-state index is 5.90. The van der Waals surface area contributed by atoms with Crippen molar-refractivity contribution in [3.05, 3.63) is 0 Å². The molecular formula is C10H19NO2. The van der Waals surface area contributed by atoms with Crippen molar-refractivity contribution < 1.29 is 9.47 Å². The molecule has 13 heavy (non-hydrogen) atoms. The number of ether oxygens (including phenoxy) is 2. The molecule has 0 spiro atoms. The van der Waals surface area contributed by atoms with Gasteiger partial charge >= 0.3 is 0 Å². The highest BCUT2D eigenvalue weighted by Crippen LogP contribution is 2.24. The smallest absolute Gasteiger partial charge is 0.0827 e. The second-order valence-electron chi connectivity index (χ2n) is 4.05. The highest BCUT2D eigenvalue weighted by Gasteiger charge is 2.26. The lowest BCUT2D eigenvalue weighted by Crippen LogP contribution is -2.50. The first kappa shape index (κ1) is 9.44. The lowest BCUT2D eigenvalue weighted by molar-refractivity contribution is -0.0707. The second kappa shape index (κ2) is 4.40. The summed E-state index contributed by atoms with van der Waals surface area (Å²) >= 11 is 0. The Morgan fingerprint density at radius 2 is 1.54 bits per heavy atom. The number of methoxy groups -OCH3 is 1. The van der Waals surface area contributed by atoms with E-state index in [1.807, 2.05) is 7.11 Å². The summed E-state index contributed by atoms with van der Waals surface area (Å²) in [6.45, 7) is 2.09. The van der Waals surface area contributed by atoms with Crippen LogP contribution in [0.2, 0.25) is 0 Å². The normalized spacial score (nSPS) is 35.8. The third-order valence-electron chi connectivity index (χ3n) is 3.08. The summed E-state index contributed by atoms with van der Waals surface area (Å²) in [4.78, 5) is 0. The van der Waals surface area contributed by atoms with E-state index >= 15 is 0 Å². The Morgan fingerprint density at radius 1 is 0.923 bits per heavy atom. The van der Waals surface area contributed by atoms with Crippen LogP contribution < -0.4 is 5.32 Å². The SMILES string of the molecule is COC1CCC(OC2CNC2)CC1. The molecule has 0 radical (unpaired) electrons. The van der Waals surface area contributed by atoms with Crippen LogP contribution in [-0.4, -0.2) is 38.5 Å². The summed E-state index contributed by atoms with van der Waals surface area (Å²) in [5.41, 5.74) is 0. The maximum Gasteiger partial charge on any atom is 0.0827 e. The van der Waals surface area contributed by atoms with Crippen molar-refractivity contribution in [1.82, 2.24) is 5.32 Å². The highest BCUT2D eigenvalue weighted by atomic mass is 16.5. The average molecular weight is 185 g/mol. The van der Waals surface area contributed by atoms with Crippen molar-refractivity contribution in [3.8, 4) is 0 Å². The molecule has 3 nitrogen and oxygen atoms in total. The zero-order valence-electron chi connectivity index (χ0n) is 8.29. The molecule has 0 aromatic rings. The Bertz CT molecular complexity index is 151. The van der Waals surface area contributed by atoms with Gasteiger partial charge in [0.25, 0.3) is 0 Å². The molecular weight excluding hydrogens is 166 g/mol. The minimum absolute atomic E-state index is 0.486. The molecule has 0 aromatic carbocycles. The fraction of sp³-hybridized carbons (Fsp3) is 1.00. The van der Waals surface area contributed by atoms with Crippen molar-refractivity contribution >= 4 is 0 Å². The van der Waals surface area contributed by atoms with E-state index in [4.69, 9.17) is 9.47 Å². The highest BCUT2D eigenvalue weighted by molar-refractivity contribution is 4.79. The topological polar surface area (TPSA) is 30.5 Å². The predicted molar refractivity (Wildman–Crippen MR) is 50.8 cm³/mol. The van der Waals surface area contributed by atoms with E-state index in [0.717, 1.165) is 13.1 Å². The van der Waals surface area contributed by atoms with Gasteiger partial charge in [0.2, 0.25) is 0 Å². The molecule has 2 fully saturated rings. The zero-order valence-corrected chi connectivity index (χ0v) is 8.29. The van der Waals surface area contributed by atoms with Crippen molar-refractivity contribution in [1.29, 1.82) is 0 Å². The van der Waals surface area contributed by atoms with Crippen molar-refractivity contribution in [2.24, 2.45) is 0 Å². The van der Waals surface area contributed by atoms with E-state index in [9.17, 15) is 0 Å². The Morgan fingerprint density at radius 3 is 2.00 bits per heavy atom. The van der Waals surface area contributed by atoms with Gasteiger partial charge in [-0.1, -0.05) is 0 Å². The van der Waals surface area contributed by atoms with Gasteiger partial charge in [0.05, 0.1) is 18.3 Å². The monoisotopic (exact) mass is 185 g/mol. The van der Waals surface area contributed by atoms with Gasteiger partial charge in [0, 0.05) is 20.2 Å². The third-order valence-corrected chi connectivity index (χ3v) is 3.08. The Kier molecular flexibility index (Phi) is 3.19. The second-order valence-corrected chi connectivity index (χ2v) is 4.05. The first-order chi connectivity index (χ1) is 6.38. The first-order valence-corrected chi connectivity index (χ1v) is 5.27. The lowest BCUT2D eigenvalue weighted by atomic mass is 9.94. The van der Waals surface area contributed by atoms with E-state index in [0.29, 0.717) is 18.3 Å². The van der Waals surface area contributed by atoms with Crippen LogP contribution in [0.5, 0.6) is 0 Å². The Hall–Kier alpha value is -0.120. The molecule has 3 heteroatoms. The van der Waals surface area contributed by atoms with Gasteiger partial charge in [-0.2, -0.15) is 0 Å². The molecule has 0 aromatic heterocycles. The molecule has 1 aliphatic carbocycles. The van der Waals surface area contributed by atoms with Crippen LogP contribution >= 0.6 is 0 Å². The maximum atomic E-state index is 5.90. The molecule has 76 valence electrons. The van der Waals surface area contributed by atoms with Gasteiger partial charge in [-0.05, 0) is 25.7 Å². The largest absolute Gasteiger partial charge is 0.381 e. The molecule has 0 unspecified atom stereocenters. The lowest BCUT2D eigenvalue weighted by Gasteiger charge is -2.34. The quantitative estimate of drug-likeness (QED) is 0.709. The molecule has 1 aliphatic heterocycles. The predicted octanol–water partition coefficient (Wildman–Crippen LogP) is 0.932. The molecule has 1 heterocycles. The molecule has 1 saturated heterocycles. The number of nitrogens with one attached hydrogen (secondary N) is 1. The molecule has 0 atom stereocenters. The molecule has 0 bridgehead atoms. The molecule has 1 N–H and O–H groups in total. The van der Waals surface area contributed by atoms with E-state index in [2.05, 4.69) is 5.32 Å². The summed E-state index contributed by atoms with van der Waals surface area (Å²) in [5, 5.41) is 3.22. The van der Waals surface area contributed by atoms with Gasteiger partial charge < -0.3 is 14.8 Å². The van der Waals surface area contributed by atoms with Crippen LogP contribution in [0.4, 0.5) is 0 Å². The number of hydrogen-bond acceptors (Lipinski definition) is 3. The van der Waals surface area contributed by atoms with Crippen LogP contribution in [0.1, 0.15) is 25.7 Å². The third kappa shape index (κ3) is 2.42. The van der Waals surface area contributed by atoms with E-state index in [-0.39, 0.29) is 0 Å². The average Bonchev–Trinajstić information content (AvgIpc) is 2.12. The summed E-state index contributed by atoms with van der Waals surface area (Å²) in [6, 6.07) is 0. The minimum atomic E-state index is 0.486. The van der Waals surface area contributed by atoms with Gasteiger partial charge in [0.15, 0.2) is 0 Å². The molecule has 0 amide bonds. The van der Waals surface area contributed by atoms with Crippen LogP contribution in [-0.2, 0) is 9.47 Å². The van der Waals surface area contributed by atoms with Gasteiger partial charge in [-0.3, -0.25) is 0 Å². The summed E-state index contributed by atoms with van der Waals surface area (Å²) in [6.07, 6.45) is 6.16. The fourth-order valence-corrected chi connectivity index (χ4v) is 2.03. The summed E-state index contributed by atoms with van der Waals surface area (Å²) in [7, 11) is 1.81. The van der Waals surface area contributed by atoms with Crippen molar-refractivity contribution in [3.63, 3.8) is 0 Å². The summed E-state index contributed by atoms with van der Waals surface area (Å²) in [5.74, 6) is 0. The van der Waals surface area contributed by atoms with Gasteiger partial charge in [-0.15, -0.1) is 0 Å². The summed E-state index contributed by atoms with van der Waals surface area (Å²) < 4.78 is 11.2. The molecule has 2 aliphatic rings. The van der Waals surface area contributed by atoms with E-state index < -0.39 is 0 Å². The Balaban J connectivity index is 1.65. The molecule has 1 saturated carbocycles. The van der Waals surface area contributed by atoms with Crippen molar-refractivity contribution in [2.75, 3.05) is 20.2 Å². The van der Waals surface area contributed by atoms with E-state index in [1.165, 1.54) is 25.7 Å². The Labute approximate surface area is 79.8 Å². The van der Waals surface area contributed by atoms with Crippen LogP contribution in [0.25, 0.3) is 0 Å². The van der Waals surface area contributed by atoms with Gasteiger partial charge in [-0.25, -0.2) is 0 Å². The minimum Gasteiger partial charge on any atom is -0.381 e. The standard InChI is InChI=1S/C10H19NO2/c1-12-8-2-4-9(5-3-8)13-10-6-11-7-10/h8-11H,2-7H2,1H3. The van der Waals surface area contributed by atoms with E-state index in [1.54, 1.807) is 0 Å². The first-order valence-electron chi connectivity index (χ1n) is 5.27. The number of hydrogen-bond donors (Lipinski definition) is 1. The van der Waals surface area contributed by atoms with Crippen LogP contribution in [0.15, 0.2) is 0 Å². The van der Waals surface area contributed by atoms with Crippen LogP contribution in [0.3, 0.4) is 0 Å². The van der Waals surface area contributed by atoms with Crippen molar-refractivity contribution in [2.45, 2.75) is 44.0 Å². The zero-order chi connectivity index (χ0) is 9.10. The van der Waals surface area contributed by atoms with Crippen LogP contribution in [0, 0.1) is 0 Å². The number of rotatable bonds is 3. The molecule has 2 rings (SSSR count). The van der Waals surface area contributed by atoms with Gasteiger partial charge in [0.1, 0.15) is 0 Å². The fourth-order valence-electron chi connectivity index (χ4n) is 2.03.